The highest BCUT2D eigenvalue weighted by atomic mass is 16.2. The number of amides is 2. The van der Waals surface area contributed by atoms with E-state index in [-0.39, 0.29) is 0 Å². The molecule has 1 aromatic heterocycles. The summed E-state index contributed by atoms with van der Waals surface area (Å²) in [6.07, 6.45) is 2.92. The van der Waals surface area contributed by atoms with E-state index in [1.807, 2.05) is 0 Å². The van der Waals surface area contributed by atoms with Gasteiger partial charge in [-0.15, -0.1) is 0 Å². The first-order valence-corrected chi connectivity index (χ1v) is 3.62. The number of hydrogen-bond acceptors (Lipinski definition) is 4. The Morgan fingerprint density at radius 2 is 1.92 bits per heavy atom. The summed E-state index contributed by atoms with van der Waals surface area (Å²) in [5, 5.41) is 0.565. The fraction of sp³-hybridized carbons (Fsp3) is 0.125. The van der Waals surface area contributed by atoms with Gasteiger partial charge < -0.3 is 0 Å². The molecule has 0 aliphatic carbocycles. The predicted molar refractivity (Wildman–Crippen MR) is 45.3 cm³/mol. The first kappa shape index (κ1) is 9.34. The Kier molecular flexibility index (Phi) is 2.71. The van der Waals surface area contributed by atoms with Crippen molar-refractivity contribution in [2.24, 2.45) is 5.84 Å². The van der Waals surface area contributed by atoms with Crippen LogP contribution in [0.1, 0.15) is 17.3 Å². The van der Waals surface area contributed by atoms with Crippen LogP contribution in [0.15, 0.2) is 24.5 Å². The van der Waals surface area contributed by atoms with Gasteiger partial charge in [-0.2, -0.15) is 0 Å². The van der Waals surface area contributed by atoms with Crippen molar-refractivity contribution in [3.8, 4) is 0 Å². The molecule has 68 valence electrons. The highest BCUT2D eigenvalue weighted by molar-refractivity contribution is 6.03. The van der Waals surface area contributed by atoms with Gasteiger partial charge in [-0.3, -0.25) is 14.6 Å². The quantitative estimate of drug-likeness (QED) is 0.372. The maximum Gasteiger partial charge on any atom is 0.274 e. The molecule has 0 saturated carbocycles. The number of rotatable bonds is 1. The molecule has 0 atom stereocenters. The molecular formula is C8H9N3O2. The fourth-order valence-corrected chi connectivity index (χ4v) is 0.777. The van der Waals surface area contributed by atoms with E-state index in [4.69, 9.17) is 5.84 Å². The minimum absolute atomic E-state index is 0.340. The van der Waals surface area contributed by atoms with Crippen molar-refractivity contribution in [1.82, 2.24) is 9.99 Å². The van der Waals surface area contributed by atoms with Crippen LogP contribution in [-0.4, -0.2) is 21.8 Å². The second kappa shape index (κ2) is 3.77. The number of nitrogens with two attached hydrogens (primary N) is 1. The molecule has 13 heavy (non-hydrogen) atoms. The number of carbonyl (C=O) groups is 2. The molecule has 0 aromatic carbocycles. The number of carbonyl (C=O) groups excluding carboxylic acids is 2. The van der Waals surface area contributed by atoms with Crippen LogP contribution in [0.25, 0.3) is 0 Å². The molecule has 0 radical (unpaired) electrons. The van der Waals surface area contributed by atoms with Crippen LogP contribution in [0.4, 0.5) is 0 Å². The molecule has 0 unspecified atom stereocenters. The van der Waals surface area contributed by atoms with Gasteiger partial charge in [-0.25, -0.2) is 10.9 Å². The number of imide groups is 1. The molecule has 0 aliphatic rings. The molecular weight excluding hydrogens is 170 g/mol. The third kappa shape index (κ3) is 2.09. The lowest BCUT2D eigenvalue weighted by Gasteiger charge is -2.11. The summed E-state index contributed by atoms with van der Waals surface area (Å²) >= 11 is 0. The van der Waals surface area contributed by atoms with Gasteiger partial charge in [0, 0.05) is 24.9 Å². The molecule has 5 heteroatoms. The standard InChI is InChI=1S/C8H9N3O2/c1-6(12)11(9)8(13)7-2-4-10-5-3-7/h2-5H,9H2,1H3. The summed E-state index contributed by atoms with van der Waals surface area (Å²) in [5.41, 5.74) is 0.340. The van der Waals surface area contributed by atoms with Crippen LogP contribution in [0.5, 0.6) is 0 Å². The second-order valence-corrected chi connectivity index (χ2v) is 2.43. The molecule has 0 saturated heterocycles. The lowest BCUT2D eigenvalue weighted by molar-refractivity contribution is -0.126. The van der Waals surface area contributed by atoms with Gasteiger partial charge in [-0.05, 0) is 12.1 Å². The van der Waals surface area contributed by atoms with Crippen LogP contribution in [0.3, 0.4) is 0 Å². The Morgan fingerprint density at radius 3 is 2.38 bits per heavy atom. The van der Waals surface area contributed by atoms with Crippen molar-refractivity contribution in [2.45, 2.75) is 6.92 Å². The minimum atomic E-state index is -0.533. The fourth-order valence-electron chi connectivity index (χ4n) is 0.777. The molecule has 1 aromatic rings. The van der Waals surface area contributed by atoms with Gasteiger partial charge in [0.05, 0.1) is 0 Å². The third-order valence-electron chi connectivity index (χ3n) is 1.49. The van der Waals surface area contributed by atoms with Crippen molar-refractivity contribution < 1.29 is 9.59 Å². The summed E-state index contributed by atoms with van der Waals surface area (Å²) in [6, 6.07) is 2.98. The topological polar surface area (TPSA) is 76.3 Å². The van der Waals surface area contributed by atoms with Crippen molar-refractivity contribution in [1.29, 1.82) is 0 Å². The van der Waals surface area contributed by atoms with Crippen molar-refractivity contribution in [3.63, 3.8) is 0 Å². The van der Waals surface area contributed by atoms with Crippen molar-refractivity contribution >= 4 is 11.8 Å². The van der Waals surface area contributed by atoms with Gasteiger partial charge in [0.1, 0.15) is 0 Å². The summed E-state index contributed by atoms with van der Waals surface area (Å²) in [4.78, 5) is 25.8. The first-order chi connectivity index (χ1) is 6.13. The summed E-state index contributed by atoms with van der Waals surface area (Å²) < 4.78 is 0. The number of nitrogens with zero attached hydrogens (tertiary/aromatic N) is 2. The Balaban J connectivity index is 2.86. The number of aromatic nitrogens is 1. The molecule has 0 bridgehead atoms. The largest absolute Gasteiger partial charge is 0.274 e. The van der Waals surface area contributed by atoms with E-state index in [1.165, 1.54) is 31.5 Å². The Bertz CT molecular complexity index is 323. The van der Waals surface area contributed by atoms with E-state index >= 15 is 0 Å². The highest BCUT2D eigenvalue weighted by Crippen LogP contribution is 1.99. The number of pyridine rings is 1. The summed E-state index contributed by atoms with van der Waals surface area (Å²) in [6.45, 7) is 1.22. The van der Waals surface area contributed by atoms with E-state index in [0.717, 1.165) is 0 Å². The first-order valence-electron chi connectivity index (χ1n) is 3.62. The smallest absolute Gasteiger partial charge is 0.273 e. The zero-order valence-electron chi connectivity index (χ0n) is 7.10. The molecule has 0 aliphatic heterocycles. The average Bonchev–Trinajstić information content (AvgIpc) is 2.17. The number of hydrazine groups is 1. The lowest BCUT2D eigenvalue weighted by atomic mass is 10.2. The van der Waals surface area contributed by atoms with Crippen LogP contribution in [0.2, 0.25) is 0 Å². The second-order valence-electron chi connectivity index (χ2n) is 2.43. The van der Waals surface area contributed by atoms with E-state index < -0.39 is 11.8 Å². The normalized spacial score (nSPS) is 9.38. The Labute approximate surface area is 75.1 Å². The molecule has 2 amide bonds. The molecule has 1 rings (SSSR count). The maximum absolute atomic E-state index is 11.3. The monoisotopic (exact) mass is 179 g/mol. The third-order valence-corrected chi connectivity index (χ3v) is 1.49. The molecule has 5 nitrogen and oxygen atoms in total. The van der Waals surface area contributed by atoms with Crippen LogP contribution >= 0.6 is 0 Å². The lowest BCUT2D eigenvalue weighted by Crippen LogP contribution is -2.41. The van der Waals surface area contributed by atoms with E-state index in [2.05, 4.69) is 4.98 Å². The summed E-state index contributed by atoms with van der Waals surface area (Å²) in [7, 11) is 0. The van der Waals surface area contributed by atoms with Gasteiger partial charge in [0.2, 0.25) is 5.91 Å². The van der Waals surface area contributed by atoms with E-state index in [9.17, 15) is 9.59 Å². The van der Waals surface area contributed by atoms with Crippen LogP contribution in [-0.2, 0) is 4.79 Å². The van der Waals surface area contributed by atoms with Gasteiger partial charge in [-0.1, -0.05) is 0 Å². The zero-order valence-corrected chi connectivity index (χ0v) is 7.10. The minimum Gasteiger partial charge on any atom is -0.273 e. The predicted octanol–water partition coefficient (Wildman–Crippen LogP) is -0.0560. The van der Waals surface area contributed by atoms with Crippen molar-refractivity contribution in [3.05, 3.63) is 30.1 Å². The Hall–Kier alpha value is -1.75. The van der Waals surface area contributed by atoms with Gasteiger partial charge in [0.15, 0.2) is 0 Å². The SMILES string of the molecule is CC(=O)N(N)C(=O)c1ccncc1. The maximum atomic E-state index is 11.3. The van der Waals surface area contributed by atoms with Gasteiger partial charge >= 0.3 is 0 Å². The van der Waals surface area contributed by atoms with E-state index in [1.54, 1.807) is 0 Å². The molecule has 2 N–H and O–H groups in total. The Morgan fingerprint density at radius 1 is 1.38 bits per heavy atom. The van der Waals surface area contributed by atoms with E-state index in [0.29, 0.717) is 10.6 Å². The average molecular weight is 179 g/mol. The molecule has 0 fully saturated rings. The van der Waals surface area contributed by atoms with Crippen LogP contribution in [0, 0.1) is 0 Å². The highest BCUT2D eigenvalue weighted by Gasteiger charge is 2.14. The summed E-state index contributed by atoms with van der Waals surface area (Å²) in [5.74, 6) is 4.18. The number of hydrogen-bond donors (Lipinski definition) is 1. The van der Waals surface area contributed by atoms with Gasteiger partial charge in [0.25, 0.3) is 5.91 Å². The van der Waals surface area contributed by atoms with Crippen LogP contribution < -0.4 is 5.84 Å². The zero-order chi connectivity index (χ0) is 9.84. The van der Waals surface area contributed by atoms with Crippen molar-refractivity contribution in [2.75, 3.05) is 0 Å². The molecule has 1 heterocycles. The molecule has 0 spiro atoms.